The van der Waals surface area contributed by atoms with Crippen LogP contribution in [0.3, 0.4) is 0 Å². The molecule has 9 heteroatoms. The topological polar surface area (TPSA) is 97.6 Å². The van der Waals surface area contributed by atoms with Crippen molar-refractivity contribution >= 4 is 29.2 Å². The van der Waals surface area contributed by atoms with Crippen LogP contribution in [-0.2, 0) is 16.1 Å². The van der Waals surface area contributed by atoms with E-state index in [0.29, 0.717) is 41.1 Å². The normalized spacial score (nSPS) is 14.7. The van der Waals surface area contributed by atoms with E-state index in [9.17, 15) is 9.59 Å². The number of likely N-dealkylation sites (tertiary alicyclic amines) is 1. The molecule has 1 saturated heterocycles. The molecule has 1 amide bonds. The Morgan fingerprint density at radius 3 is 2.48 bits per heavy atom. The summed E-state index contributed by atoms with van der Waals surface area (Å²) in [4.78, 5) is 31.1. The first-order chi connectivity index (χ1) is 16.0. The fourth-order valence-corrected chi connectivity index (χ4v) is 3.85. The molecule has 0 atom stereocenters. The number of piperidine rings is 1. The van der Waals surface area contributed by atoms with Crippen LogP contribution < -0.4 is 5.32 Å². The quantitative estimate of drug-likeness (QED) is 0.512. The van der Waals surface area contributed by atoms with Gasteiger partial charge in [-0.05, 0) is 81.4 Å². The van der Waals surface area contributed by atoms with Crippen molar-refractivity contribution in [2.45, 2.75) is 26.3 Å². The first-order valence-corrected chi connectivity index (χ1v) is 11.3. The summed E-state index contributed by atoms with van der Waals surface area (Å²) in [6.07, 6.45) is 1.48. The molecule has 3 aromatic rings. The first-order valence-electron chi connectivity index (χ1n) is 10.9. The Kier molecular flexibility index (Phi) is 7.36. The lowest BCUT2D eigenvalue weighted by atomic mass is 9.96. The van der Waals surface area contributed by atoms with E-state index in [0.717, 1.165) is 31.5 Å². The van der Waals surface area contributed by atoms with E-state index in [1.165, 1.54) is 0 Å². The Balaban J connectivity index is 1.25. The molecule has 33 heavy (non-hydrogen) atoms. The third kappa shape index (κ3) is 5.97. The fraction of sp³-hybridized carbons (Fsp3) is 0.333. The molecule has 1 N–H and O–H groups in total. The summed E-state index contributed by atoms with van der Waals surface area (Å²) >= 11 is 5.92. The van der Waals surface area contributed by atoms with Crippen molar-refractivity contribution in [3.63, 3.8) is 0 Å². The van der Waals surface area contributed by atoms with Crippen LogP contribution in [0.4, 0.5) is 5.69 Å². The molecule has 2 aromatic carbocycles. The lowest BCUT2D eigenvalue weighted by Crippen LogP contribution is -2.37. The highest BCUT2D eigenvalue weighted by molar-refractivity contribution is 6.30. The van der Waals surface area contributed by atoms with Crippen LogP contribution >= 0.6 is 11.6 Å². The van der Waals surface area contributed by atoms with E-state index >= 15 is 0 Å². The average molecular weight is 469 g/mol. The minimum absolute atomic E-state index is 0.0126. The number of benzene rings is 2. The zero-order chi connectivity index (χ0) is 23.2. The van der Waals surface area contributed by atoms with Crippen molar-refractivity contribution < 1.29 is 18.8 Å². The van der Waals surface area contributed by atoms with Gasteiger partial charge in [-0.2, -0.15) is 4.98 Å². The molecule has 1 aliphatic heterocycles. The lowest BCUT2D eigenvalue weighted by Gasteiger charge is -2.30. The van der Waals surface area contributed by atoms with E-state index < -0.39 is 0 Å². The third-order valence-corrected chi connectivity index (χ3v) is 5.80. The van der Waals surface area contributed by atoms with Crippen LogP contribution in [-0.4, -0.2) is 46.6 Å². The van der Waals surface area contributed by atoms with Gasteiger partial charge >= 0.3 is 5.97 Å². The Hall–Kier alpha value is -3.23. The number of carbonyl (C=O) groups excluding carboxylic acids is 2. The summed E-state index contributed by atoms with van der Waals surface area (Å²) in [5.41, 5.74) is 1.97. The second-order valence-electron chi connectivity index (χ2n) is 7.86. The lowest BCUT2D eigenvalue weighted by molar-refractivity contribution is -0.121. The molecule has 0 bridgehead atoms. The maximum atomic E-state index is 12.7. The molecule has 1 aromatic heterocycles. The summed E-state index contributed by atoms with van der Waals surface area (Å²) in [7, 11) is 0. The number of esters is 1. The average Bonchev–Trinajstić information content (AvgIpc) is 3.29. The molecule has 0 spiro atoms. The Morgan fingerprint density at radius 1 is 1.12 bits per heavy atom. The monoisotopic (exact) mass is 468 g/mol. The van der Waals surface area contributed by atoms with E-state index in [4.69, 9.17) is 20.9 Å². The van der Waals surface area contributed by atoms with E-state index in [2.05, 4.69) is 20.4 Å². The zero-order valence-corrected chi connectivity index (χ0v) is 19.0. The highest BCUT2D eigenvalue weighted by Gasteiger charge is 2.26. The van der Waals surface area contributed by atoms with Crippen molar-refractivity contribution in [2.75, 3.05) is 25.0 Å². The smallest absolute Gasteiger partial charge is 0.338 e. The van der Waals surface area contributed by atoms with Crippen molar-refractivity contribution in [3.8, 4) is 11.4 Å². The summed E-state index contributed by atoms with van der Waals surface area (Å²) in [6.45, 7) is 4.16. The van der Waals surface area contributed by atoms with Crippen molar-refractivity contribution in [2.24, 2.45) is 5.92 Å². The number of nitrogens with zero attached hydrogens (tertiary/aromatic N) is 3. The summed E-state index contributed by atoms with van der Waals surface area (Å²) in [5.74, 6) is 0.623. The van der Waals surface area contributed by atoms with Gasteiger partial charge in [0.05, 0.1) is 18.7 Å². The number of halogens is 1. The third-order valence-electron chi connectivity index (χ3n) is 5.55. The fourth-order valence-electron chi connectivity index (χ4n) is 3.73. The van der Waals surface area contributed by atoms with Crippen LogP contribution in [0.2, 0.25) is 5.02 Å². The standard InChI is InChI=1S/C24H25ClN4O4/c1-2-32-24(31)18-5-9-20(10-6-18)26-23(30)17-11-13-29(14-12-17)15-21-27-22(28-33-21)16-3-7-19(25)8-4-16/h3-10,17H,2,11-15H2,1H3,(H,26,30). The first kappa shape index (κ1) is 22.9. The number of anilines is 1. The van der Waals surface area contributed by atoms with Gasteiger partial charge in [0.15, 0.2) is 0 Å². The number of hydrogen-bond donors (Lipinski definition) is 1. The maximum Gasteiger partial charge on any atom is 0.338 e. The molecule has 1 aliphatic rings. The van der Waals surface area contributed by atoms with Crippen LogP contribution in [0.15, 0.2) is 53.1 Å². The predicted octanol–water partition coefficient (Wildman–Crippen LogP) is 4.42. The van der Waals surface area contributed by atoms with Gasteiger partial charge in [0.25, 0.3) is 0 Å². The van der Waals surface area contributed by atoms with E-state index in [1.54, 1.807) is 43.3 Å². The number of amides is 1. The number of nitrogens with one attached hydrogen (secondary N) is 1. The Morgan fingerprint density at radius 2 is 1.82 bits per heavy atom. The second-order valence-corrected chi connectivity index (χ2v) is 8.29. The summed E-state index contributed by atoms with van der Waals surface area (Å²) in [5, 5.41) is 7.65. The SMILES string of the molecule is CCOC(=O)c1ccc(NC(=O)C2CCN(Cc3nc(-c4ccc(Cl)cc4)no3)CC2)cc1. The van der Waals surface area contributed by atoms with Crippen molar-refractivity contribution in [1.82, 2.24) is 15.0 Å². The van der Waals surface area contributed by atoms with Crippen molar-refractivity contribution in [1.29, 1.82) is 0 Å². The van der Waals surface area contributed by atoms with Gasteiger partial charge in [0.2, 0.25) is 17.6 Å². The van der Waals surface area contributed by atoms with Gasteiger partial charge < -0.3 is 14.6 Å². The molecule has 8 nitrogen and oxygen atoms in total. The van der Waals surface area contributed by atoms with Crippen LogP contribution in [0.1, 0.15) is 36.0 Å². The van der Waals surface area contributed by atoms with Crippen LogP contribution in [0, 0.1) is 5.92 Å². The van der Waals surface area contributed by atoms with Gasteiger partial charge in [-0.25, -0.2) is 4.79 Å². The largest absolute Gasteiger partial charge is 0.462 e. The molecule has 0 aliphatic carbocycles. The van der Waals surface area contributed by atoms with Crippen molar-refractivity contribution in [3.05, 3.63) is 65.0 Å². The number of ether oxygens (including phenoxy) is 1. The Bertz CT molecular complexity index is 1090. The van der Waals surface area contributed by atoms with Gasteiger partial charge in [0, 0.05) is 22.2 Å². The van der Waals surface area contributed by atoms with Gasteiger partial charge in [-0.1, -0.05) is 16.8 Å². The van der Waals surface area contributed by atoms with E-state index in [-0.39, 0.29) is 17.8 Å². The molecule has 0 unspecified atom stereocenters. The van der Waals surface area contributed by atoms with Gasteiger partial charge in [-0.3, -0.25) is 9.69 Å². The van der Waals surface area contributed by atoms with Gasteiger partial charge in [-0.15, -0.1) is 0 Å². The molecule has 0 saturated carbocycles. The molecular weight excluding hydrogens is 444 g/mol. The molecular formula is C24H25ClN4O4. The van der Waals surface area contributed by atoms with Crippen LogP contribution in [0.5, 0.6) is 0 Å². The Labute approximate surface area is 196 Å². The summed E-state index contributed by atoms with van der Waals surface area (Å²) in [6, 6.07) is 14.0. The number of aromatic nitrogens is 2. The molecule has 2 heterocycles. The molecule has 4 rings (SSSR count). The zero-order valence-electron chi connectivity index (χ0n) is 18.3. The molecule has 1 fully saturated rings. The number of carbonyl (C=O) groups is 2. The highest BCUT2D eigenvalue weighted by atomic mass is 35.5. The second kappa shape index (κ2) is 10.6. The highest BCUT2D eigenvalue weighted by Crippen LogP contribution is 2.23. The summed E-state index contributed by atoms with van der Waals surface area (Å²) < 4.78 is 10.4. The minimum atomic E-state index is -0.371. The number of hydrogen-bond acceptors (Lipinski definition) is 7. The van der Waals surface area contributed by atoms with E-state index in [1.807, 2.05) is 12.1 Å². The van der Waals surface area contributed by atoms with Gasteiger partial charge in [0.1, 0.15) is 0 Å². The molecule has 172 valence electrons. The predicted molar refractivity (Wildman–Crippen MR) is 124 cm³/mol. The number of rotatable bonds is 7. The maximum absolute atomic E-state index is 12.7. The van der Waals surface area contributed by atoms with Crippen LogP contribution in [0.25, 0.3) is 11.4 Å². The minimum Gasteiger partial charge on any atom is -0.462 e. The molecule has 0 radical (unpaired) electrons.